The number of hydrogen-bond acceptors (Lipinski definition) is 5. The molecule has 1 atom stereocenters. The van der Waals surface area contributed by atoms with Crippen molar-refractivity contribution in [2.75, 3.05) is 27.9 Å². The minimum absolute atomic E-state index is 0.0802. The van der Waals surface area contributed by atoms with Crippen LogP contribution in [0, 0.1) is 0 Å². The second kappa shape index (κ2) is 9.31. The number of nitrogens with one attached hydrogen (secondary N) is 1. The molecule has 0 heterocycles. The highest BCUT2D eigenvalue weighted by Crippen LogP contribution is 2.39. The summed E-state index contributed by atoms with van der Waals surface area (Å²) in [6, 6.07) is 10.3. The fourth-order valence-corrected chi connectivity index (χ4v) is 2.68. The molecule has 6 nitrogen and oxygen atoms in total. The fourth-order valence-electron chi connectivity index (χ4n) is 2.55. The Bertz CT molecular complexity index is 748. The highest BCUT2D eigenvalue weighted by molar-refractivity contribution is 6.30. The molecule has 2 aromatic carbocycles. The summed E-state index contributed by atoms with van der Waals surface area (Å²) in [5, 5.41) is 13.5. The number of benzene rings is 2. The van der Waals surface area contributed by atoms with Crippen molar-refractivity contribution in [1.82, 2.24) is 5.32 Å². The second-order valence-electron chi connectivity index (χ2n) is 5.54. The third kappa shape index (κ3) is 4.80. The van der Waals surface area contributed by atoms with Crippen LogP contribution in [0.5, 0.6) is 17.2 Å². The lowest BCUT2D eigenvalue weighted by molar-refractivity contribution is -0.120. The number of methoxy groups -OCH3 is 3. The third-order valence-electron chi connectivity index (χ3n) is 3.88. The number of ether oxygens (including phenoxy) is 3. The first-order valence-corrected chi connectivity index (χ1v) is 8.36. The van der Waals surface area contributed by atoms with E-state index in [0.29, 0.717) is 33.4 Å². The molecule has 2 N–H and O–H groups in total. The SMILES string of the molecule is COc1ccc(CC(=O)NCC(O)c2ccc(Cl)cc2)c(OC)c1OC. The molecule has 7 heteroatoms. The molecule has 1 amide bonds. The Hall–Kier alpha value is -2.44. The number of aliphatic hydroxyl groups excluding tert-OH is 1. The normalized spacial score (nSPS) is 11.6. The van der Waals surface area contributed by atoms with Crippen LogP contribution in [0.1, 0.15) is 17.2 Å². The molecule has 140 valence electrons. The van der Waals surface area contributed by atoms with Gasteiger partial charge in [-0.25, -0.2) is 0 Å². The Morgan fingerprint density at radius 1 is 1.04 bits per heavy atom. The summed E-state index contributed by atoms with van der Waals surface area (Å²) in [7, 11) is 4.54. The molecule has 0 aliphatic carbocycles. The van der Waals surface area contributed by atoms with Gasteiger partial charge in [0.15, 0.2) is 11.5 Å². The topological polar surface area (TPSA) is 77.0 Å². The Kier molecular flexibility index (Phi) is 7.12. The summed E-state index contributed by atoms with van der Waals surface area (Å²) in [5.74, 6) is 1.15. The third-order valence-corrected chi connectivity index (χ3v) is 4.14. The molecule has 0 saturated carbocycles. The van der Waals surface area contributed by atoms with Gasteiger partial charge in [0.25, 0.3) is 0 Å². The zero-order chi connectivity index (χ0) is 19.1. The van der Waals surface area contributed by atoms with Gasteiger partial charge in [-0.2, -0.15) is 0 Å². The van der Waals surface area contributed by atoms with E-state index < -0.39 is 6.10 Å². The summed E-state index contributed by atoms with van der Waals surface area (Å²) >= 11 is 5.83. The van der Waals surface area contributed by atoms with Gasteiger partial charge in [0, 0.05) is 17.1 Å². The molecule has 0 saturated heterocycles. The maximum absolute atomic E-state index is 12.3. The Morgan fingerprint density at radius 3 is 2.27 bits per heavy atom. The Labute approximate surface area is 157 Å². The minimum Gasteiger partial charge on any atom is -0.493 e. The maximum Gasteiger partial charge on any atom is 0.224 e. The molecule has 0 spiro atoms. The van der Waals surface area contributed by atoms with Gasteiger partial charge in [-0.15, -0.1) is 0 Å². The van der Waals surface area contributed by atoms with E-state index in [4.69, 9.17) is 25.8 Å². The van der Waals surface area contributed by atoms with Gasteiger partial charge in [0.1, 0.15) is 0 Å². The average Bonchev–Trinajstić information content (AvgIpc) is 2.66. The highest BCUT2D eigenvalue weighted by Gasteiger charge is 2.18. The predicted molar refractivity (Wildman–Crippen MR) is 99.2 cm³/mol. The van der Waals surface area contributed by atoms with Gasteiger partial charge < -0.3 is 24.6 Å². The Balaban J connectivity index is 2.02. The number of halogens is 1. The number of hydrogen-bond donors (Lipinski definition) is 2. The lowest BCUT2D eigenvalue weighted by atomic mass is 10.1. The number of aliphatic hydroxyl groups is 1. The molecule has 0 bridgehead atoms. The quantitative estimate of drug-likeness (QED) is 0.737. The smallest absolute Gasteiger partial charge is 0.224 e. The number of rotatable bonds is 8. The van der Waals surface area contributed by atoms with Crippen LogP contribution in [0.15, 0.2) is 36.4 Å². The van der Waals surface area contributed by atoms with Crippen molar-refractivity contribution in [3.8, 4) is 17.2 Å². The van der Waals surface area contributed by atoms with Crippen LogP contribution in [-0.2, 0) is 11.2 Å². The first kappa shape index (κ1) is 19.9. The van der Waals surface area contributed by atoms with Crippen molar-refractivity contribution in [3.05, 3.63) is 52.5 Å². The van der Waals surface area contributed by atoms with E-state index >= 15 is 0 Å². The van der Waals surface area contributed by atoms with Gasteiger partial charge in [-0.3, -0.25) is 4.79 Å². The summed E-state index contributed by atoms with van der Waals surface area (Å²) < 4.78 is 15.9. The molecule has 0 aliphatic heterocycles. The van der Waals surface area contributed by atoms with Crippen LogP contribution in [0.3, 0.4) is 0 Å². The van der Waals surface area contributed by atoms with E-state index in [1.165, 1.54) is 21.3 Å². The van der Waals surface area contributed by atoms with Gasteiger partial charge >= 0.3 is 0 Å². The maximum atomic E-state index is 12.3. The van der Waals surface area contributed by atoms with E-state index in [1.807, 2.05) is 0 Å². The lowest BCUT2D eigenvalue weighted by Gasteiger charge is -2.16. The van der Waals surface area contributed by atoms with Crippen molar-refractivity contribution in [2.45, 2.75) is 12.5 Å². The van der Waals surface area contributed by atoms with Crippen molar-refractivity contribution in [1.29, 1.82) is 0 Å². The summed E-state index contributed by atoms with van der Waals surface area (Å²) in [6.07, 6.45) is -0.736. The zero-order valence-corrected chi connectivity index (χ0v) is 15.7. The van der Waals surface area contributed by atoms with Crippen molar-refractivity contribution >= 4 is 17.5 Å². The van der Waals surface area contributed by atoms with E-state index in [2.05, 4.69) is 5.32 Å². The molecular formula is C19H22ClNO5. The second-order valence-corrected chi connectivity index (χ2v) is 5.98. The summed E-state index contributed by atoms with van der Waals surface area (Å²) in [4.78, 5) is 12.3. The first-order valence-electron chi connectivity index (χ1n) is 7.98. The predicted octanol–water partition coefficient (Wildman–Crippen LogP) is 2.76. The molecule has 2 rings (SSSR count). The Morgan fingerprint density at radius 2 is 1.69 bits per heavy atom. The van der Waals surface area contributed by atoms with E-state index in [0.717, 1.165) is 0 Å². The number of amides is 1. The van der Waals surface area contributed by atoms with Crippen LogP contribution in [-0.4, -0.2) is 38.9 Å². The van der Waals surface area contributed by atoms with E-state index in [9.17, 15) is 9.90 Å². The van der Waals surface area contributed by atoms with Crippen molar-refractivity contribution < 1.29 is 24.1 Å². The van der Waals surface area contributed by atoms with Gasteiger partial charge in [-0.1, -0.05) is 29.8 Å². The molecule has 0 fully saturated rings. The average molecular weight is 380 g/mol. The van der Waals surface area contributed by atoms with Crippen molar-refractivity contribution in [2.24, 2.45) is 0 Å². The number of carbonyl (C=O) groups is 1. The summed E-state index contributed by atoms with van der Waals surface area (Å²) in [5.41, 5.74) is 1.34. The van der Waals surface area contributed by atoms with Crippen LogP contribution in [0.25, 0.3) is 0 Å². The largest absolute Gasteiger partial charge is 0.493 e. The molecule has 1 unspecified atom stereocenters. The molecule has 0 aliphatic rings. The molecule has 26 heavy (non-hydrogen) atoms. The van der Waals surface area contributed by atoms with Crippen LogP contribution in [0.4, 0.5) is 0 Å². The molecule has 0 radical (unpaired) electrons. The van der Waals surface area contributed by atoms with Gasteiger partial charge in [-0.05, 0) is 23.8 Å². The van der Waals surface area contributed by atoms with Crippen LogP contribution < -0.4 is 19.5 Å². The molecule has 0 aromatic heterocycles. The fraction of sp³-hybridized carbons (Fsp3) is 0.316. The van der Waals surface area contributed by atoms with E-state index in [1.54, 1.807) is 36.4 Å². The number of carbonyl (C=O) groups excluding carboxylic acids is 1. The first-order chi connectivity index (χ1) is 12.5. The monoisotopic (exact) mass is 379 g/mol. The van der Waals surface area contributed by atoms with Gasteiger partial charge in [0.05, 0.1) is 33.9 Å². The highest BCUT2D eigenvalue weighted by atomic mass is 35.5. The van der Waals surface area contributed by atoms with Gasteiger partial charge in [0.2, 0.25) is 11.7 Å². The van der Waals surface area contributed by atoms with Crippen molar-refractivity contribution in [3.63, 3.8) is 0 Å². The molecule has 2 aromatic rings. The summed E-state index contributed by atoms with van der Waals surface area (Å²) in [6.45, 7) is 0.0933. The molecular weight excluding hydrogens is 358 g/mol. The van der Waals surface area contributed by atoms with Crippen LogP contribution >= 0.6 is 11.6 Å². The van der Waals surface area contributed by atoms with Crippen LogP contribution in [0.2, 0.25) is 5.02 Å². The van der Waals surface area contributed by atoms with E-state index in [-0.39, 0.29) is 18.9 Å². The minimum atomic E-state index is -0.816. The standard InChI is InChI=1S/C19H22ClNO5/c1-24-16-9-6-13(18(25-2)19(16)26-3)10-17(23)21-11-15(22)12-4-7-14(20)8-5-12/h4-9,15,22H,10-11H2,1-3H3,(H,21,23). The zero-order valence-electron chi connectivity index (χ0n) is 14.9. The lowest BCUT2D eigenvalue weighted by Crippen LogP contribution is -2.29.